The number of carbonyl (C=O) groups excluding carboxylic acids is 1. The highest BCUT2D eigenvalue weighted by molar-refractivity contribution is 7.27. The summed E-state index contributed by atoms with van der Waals surface area (Å²) in [4.78, 5) is 14.2. The van der Waals surface area contributed by atoms with Crippen LogP contribution in [0.4, 0.5) is 0 Å². The number of Topliss-reactive ketones (excluding diaryl/α,β-unsaturated/α-hetero) is 1. The van der Waals surface area contributed by atoms with Gasteiger partial charge in [0, 0.05) is 34.1 Å². The largest absolute Gasteiger partial charge is 0.440 e. The zero-order valence-electron chi connectivity index (χ0n) is 32.8. The lowest BCUT2D eigenvalue weighted by atomic mass is 9.87. The van der Waals surface area contributed by atoms with Crippen molar-refractivity contribution in [3.8, 4) is 28.4 Å². The van der Waals surface area contributed by atoms with Crippen LogP contribution in [0.1, 0.15) is 66.3 Å². The zero-order chi connectivity index (χ0) is 40.5. The van der Waals surface area contributed by atoms with E-state index in [2.05, 4.69) is 36.9 Å². The van der Waals surface area contributed by atoms with Crippen molar-refractivity contribution >= 4 is 78.3 Å². The fourth-order valence-electron chi connectivity index (χ4n) is 8.13. The van der Waals surface area contributed by atoms with Crippen molar-refractivity contribution in [3.63, 3.8) is 0 Å². The van der Waals surface area contributed by atoms with Gasteiger partial charge in [-0.2, -0.15) is 0 Å². The van der Waals surface area contributed by atoms with Crippen molar-refractivity contribution < 1.29 is 28.0 Å². The van der Waals surface area contributed by atoms with Gasteiger partial charge in [-0.05, 0) is 92.9 Å². The number of ketones is 1. The number of allylic oxidation sites excluding steroid dienone is 2. The van der Waals surface area contributed by atoms with Crippen molar-refractivity contribution in [1.82, 2.24) is 0 Å². The smallest absolute Gasteiger partial charge is 0.275 e. The maximum absolute atomic E-state index is 14.2. The minimum absolute atomic E-state index is 0.0373. The SMILES string of the molecule is C=C1CC=C(OPOc2c(C(=O)CCC)cc3ccccc3c2-c2c(OPOc3cc4ccccc4c4ccccc34)c(C(C)O)cc3ccccc23)c2ccccc21. The van der Waals surface area contributed by atoms with Crippen molar-refractivity contribution in [3.05, 3.63) is 174 Å². The summed E-state index contributed by atoms with van der Waals surface area (Å²) in [6.45, 7) is 7.98. The van der Waals surface area contributed by atoms with Crippen LogP contribution in [-0.4, -0.2) is 10.9 Å². The number of aliphatic hydroxyl groups is 1. The lowest BCUT2D eigenvalue weighted by Crippen LogP contribution is -2.05. The Bertz CT molecular complexity index is 2970. The molecule has 8 heteroatoms. The number of rotatable bonds is 13. The summed E-state index contributed by atoms with van der Waals surface area (Å²) in [5, 5.41) is 19.2. The summed E-state index contributed by atoms with van der Waals surface area (Å²) >= 11 is 0. The Morgan fingerprint density at radius 2 is 1.19 bits per heavy atom. The third-order valence-corrected chi connectivity index (χ3v) is 12.1. The second-order valence-electron chi connectivity index (χ2n) is 14.7. The number of hydrogen-bond donors (Lipinski definition) is 1. The van der Waals surface area contributed by atoms with Crippen LogP contribution in [0.5, 0.6) is 17.2 Å². The molecule has 6 nitrogen and oxygen atoms in total. The maximum Gasteiger partial charge on any atom is 0.275 e. The fraction of sp³-hybridized carbons (Fsp3) is 0.118. The van der Waals surface area contributed by atoms with E-state index in [1.165, 1.54) is 0 Å². The third-order valence-electron chi connectivity index (χ3n) is 10.9. The van der Waals surface area contributed by atoms with Gasteiger partial charge in [0.2, 0.25) is 0 Å². The molecular formula is C51H42O6P2. The summed E-state index contributed by atoms with van der Waals surface area (Å²) in [6.07, 6.45) is 2.79. The molecule has 0 spiro atoms. The second kappa shape index (κ2) is 16.7. The predicted octanol–water partition coefficient (Wildman–Crippen LogP) is 14.3. The number of carbonyl (C=O) groups is 1. The summed E-state index contributed by atoms with van der Waals surface area (Å²) in [6, 6.07) is 46.5. The van der Waals surface area contributed by atoms with Gasteiger partial charge in [-0.15, -0.1) is 0 Å². The predicted molar refractivity (Wildman–Crippen MR) is 246 cm³/mol. The van der Waals surface area contributed by atoms with Crippen LogP contribution < -0.4 is 13.6 Å². The van der Waals surface area contributed by atoms with Gasteiger partial charge < -0.3 is 23.2 Å². The highest BCUT2D eigenvalue weighted by Crippen LogP contribution is 2.52. The molecule has 0 bridgehead atoms. The van der Waals surface area contributed by atoms with E-state index in [1.54, 1.807) is 6.92 Å². The molecule has 0 aliphatic heterocycles. The number of benzene rings is 8. The number of fused-ring (bicyclic) bond motifs is 6. The van der Waals surface area contributed by atoms with Crippen LogP contribution >= 0.6 is 18.1 Å². The van der Waals surface area contributed by atoms with E-state index in [0.717, 1.165) is 59.8 Å². The first-order chi connectivity index (χ1) is 28.9. The topological polar surface area (TPSA) is 74.2 Å². The van der Waals surface area contributed by atoms with Crippen LogP contribution in [0.2, 0.25) is 0 Å². The van der Waals surface area contributed by atoms with Crippen molar-refractivity contribution in [2.75, 3.05) is 0 Å². The van der Waals surface area contributed by atoms with E-state index in [-0.39, 0.29) is 5.78 Å². The van der Waals surface area contributed by atoms with Crippen LogP contribution in [0.25, 0.3) is 65.5 Å². The first-order valence-corrected chi connectivity index (χ1v) is 21.4. The Labute approximate surface area is 347 Å². The minimum atomic E-state index is -0.904. The molecule has 0 amide bonds. The first kappa shape index (κ1) is 38.5. The van der Waals surface area contributed by atoms with Gasteiger partial charge in [0.1, 0.15) is 23.0 Å². The quantitative estimate of drug-likeness (QED) is 0.0710. The molecule has 1 aliphatic carbocycles. The average Bonchev–Trinajstić information content (AvgIpc) is 3.26. The molecule has 8 aromatic carbocycles. The lowest BCUT2D eigenvalue weighted by Gasteiger charge is -2.24. The Morgan fingerprint density at radius 1 is 0.644 bits per heavy atom. The van der Waals surface area contributed by atoms with Gasteiger partial charge in [0.05, 0.1) is 11.7 Å². The zero-order valence-corrected chi connectivity index (χ0v) is 34.8. The maximum atomic E-state index is 14.2. The normalized spacial score (nSPS) is 13.4. The summed E-state index contributed by atoms with van der Waals surface area (Å²) < 4.78 is 26.6. The van der Waals surface area contributed by atoms with Gasteiger partial charge in [0.25, 0.3) is 18.1 Å². The Kier molecular flexibility index (Phi) is 10.9. The molecule has 0 radical (unpaired) electrons. The molecule has 1 N–H and O–H groups in total. The van der Waals surface area contributed by atoms with Crippen LogP contribution in [0.3, 0.4) is 0 Å². The van der Waals surface area contributed by atoms with Crippen LogP contribution in [0, 0.1) is 0 Å². The average molecular weight is 813 g/mol. The van der Waals surface area contributed by atoms with Gasteiger partial charge in [-0.25, -0.2) is 0 Å². The highest BCUT2D eigenvalue weighted by atomic mass is 31.1. The van der Waals surface area contributed by atoms with E-state index in [1.807, 2.05) is 122 Å². The van der Waals surface area contributed by atoms with E-state index in [9.17, 15) is 9.90 Å². The van der Waals surface area contributed by atoms with Crippen molar-refractivity contribution in [2.24, 2.45) is 0 Å². The molecule has 3 unspecified atom stereocenters. The molecule has 0 saturated heterocycles. The van der Waals surface area contributed by atoms with Gasteiger partial charge >= 0.3 is 0 Å². The van der Waals surface area contributed by atoms with Gasteiger partial charge in [-0.1, -0.05) is 135 Å². The summed E-state index contributed by atoms with van der Waals surface area (Å²) in [7, 11) is -0.967. The fourth-order valence-corrected chi connectivity index (χ4v) is 9.35. The minimum Gasteiger partial charge on any atom is -0.440 e. The summed E-state index contributed by atoms with van der Waals surface area (Å²) in [5.41, 5.74) is 5.44. The molecule has 59 heavy (non-hydrogen) atoms. The van der Waals surface area contributed by atoms with Gasteiger partial charge in [-0.3, -0.25) is 4.79 Å². The monoisotopic (exact) mass is 812 g/mol. The number of aliphatic hydroxyl groups excluding tert-OH is 1. The van der Waals surface area contributed by atoms with Crippen LogP contribution in [0.15, 0.2) is 152 Å². The Hall–Kier alpha value is -6.03. The van der Waals surface area contributed by atoms with E-state index in [0.29, 0.717) is 64.5 Å². The summed E-state index contributed by atoms with van der Waals surface area (Å²) in [5.74, 6) is 2.21. The van der Waals surface area contributed by atoms with Gasteiger partial charge in [0.15, 0.2) is 5.78 Å². The van der Waals surface area contributed by atoms with E-state index in [4.69, 9.17) is 18.1 Å². The molecule has 0 aromatic heterocycles. The lowest BCUT2D eigenvalue weighted by molar-refractivity contribution is 0.0980. The molecule has 0 heterocycles. The molecule has 0 saturated carbocycles. The molecule has 3 atom stereocenters. The highest BCUT2D eigenvalue weighted by Gasteiger charge is 2.28. The van der Waals surface area contributed by atoms with E-state index < -0.39 is 24.2 Å². The Morgan fingerprint density at radius 3 is 1.88 bits per heavy atom. The first-order valence-electron chi connectivity index (χ1n) is 19.8. The molecule has 292 valence electrons. The van der Waals surface area contributed by atoms with E-state index >= 15 is 0 Å². The van der Waals surface area contributed by atoms with Crippen molar-refractivity contribution in [1.29, 1.82) is 0 Å². The molecular weight excluding hydrogens is 771 g/mol. The Balaban J connectivity index is 1.20. The van der Waals surface area contributed by atoms with Crippen molar-refractivity contribution in [2.45, 2.75) is 39.2 Å². The van der Waals surface area contributed by atoms with Crippen LogP contribution in [-0.2, 0) is 4.52 Å². The molecule has 9 rings (SSSR count). The molecule has 0 fully saturated rings. The number of hydrogen-bond acceptors (Lipinski definition) is 6. The third kappa shape index (κ3) is 7.34. The second-order valence-corrected chi connectivity index (χ2v) is 15.9. The molecule has 8 aromatic rings. The standard InChI is InChI=1S/C51H42O6P2/c1-4-15-45(53)44-29-34-17-7-10-22-39(34)49(51(44)57-58-54-46-27-26-31(2)36-19-11-13-24-41(36)46)48-38-21-9-6-16-33(38)28-43(32(3)52)50(48)56-59-55-47-30-35-18-5-8-20-37(35)40-23-12-14-25-42(40)47/h5-14,16-25,27-30,32,52,58-59H,2,4,15,26H2,1,3H3. The molecule has 1 aliphatic rings.